The van der Waals surface area contributed by atoms with E-state index < -0.39 is 41.6 Å². The largest absolute Gasteiger partial charge is 0.544 e. The molecular formula is C9H6F9N3O5S2. The summed E-state index contributed by atoms with van der Waals surface area (Å²) in [6.07, 6.45) is -1.05. The van der Waals surface area contributed by atoms with E-state index in [1.807, 2.05) is 0 Å². The lowest BCUT2D eigenvalue weighted by molar-refractivity contribution is -0.400. The molecule has 28 heavy (non-hydrogen) atoms. The Morgan fingerprint density at radius 2 is 1.39 bits per heavy atom. The van der Waals surface area contributed by atoms with Gasteiger partial charge in [-0.3, -0.25) is 0 Å². The topological polar surface area (TPSA) is 117 Å². The lowest BCUT2D eigenvalue weighted by Crippen LogP contribution is -2.45. The van der Waals surface area contributed by atoms with Crippen molar-refractivity contribution in [1.29, 1.82) is 5.26 Å². The van der Waals surface area contributed by atoms with E-state index in [9.17, 15) is 56.3 Å². The third-order valence-corrected chi connectivity index (χ3v) is 5.06. The minimum atomic E-state index is -6.60. The first kappa shape index (κ1) is 26.0. The molecule has 1 N–H and O–H groups in total. The molecule has 1 rings (SSSR count). The molecular weight excluding hydrogens is 465 g/mol. The molecule has 0 saturated carbocycles. The molecule has 0 aromatic carbocycles. The number of rotatable bonds is 3. The summed E-state index contributed by atoms with van der Waals surface area (Å²) < 4.78 is 143. The first-order valence-electron chi connectivity index (χ1n) is 5.94. The van der Waals surface area contributed by atoms with Gasteiger partial charge in [0.05, 0.1) is 18.2 Å². The van der Waals surface area contributed by atoms with Crippen LogP contribution in [0.25, 0.3) is 0 Å². The van der Waals surface area contributed by atoms with Crippen LogP contribution < -0.4 is 4.13 Å². The third kappa shape index (κ3) is 8.32. The Bertz CT molecular complexity index is 821. The second-order valence-corrected chi connectivity index (χ2v) is 7.81. The van der Waals surface area contributed by atoms with Gasteiger partial charge < -0.3 is 0 Å². The molecule has 1 aliphatic rings. The number of hydroxylamine groups is 2. The molecule has 0 saturated heterocycles. The Hall–Kier alpha value is -2.04. The second kappa shape index (κ2) is 8.54. The summed E-state index contributed by atoms with van der Waals surface area (Å²) in [7, 11) is -13.2. The van der Waals surface area contributed by atoms with Crippen LogP contribution >= 0.6 is 0 Å². The molecule has 0 atom stereocenters. The number of hydrogen-bond acceptors (Lipinski definition) is 7. The Morgan fingerprint density at radius 1 is 0.964 bits per heavy atom. The number of allylic oxidation sites excluding steroid dienone is 2. The highest BCUT2D eigenvalue weighted by molar-refractivity contribution is 8.05. The van der Waals surface area contributed by atoms with Gasteiger partial charge in [0.15, 0.2) is 0 Å². The molecule has 19 heteroatoms. The maximum atomic E-state index is 11.6. The van der Waals surface area contributed by atoms with Crippen molar-refractivity contribution >= 4 is 20.0 Å². The van der Waals surface area contributed by atoms with Crippen LogP contribution in [0.3, 0.4) is 0 Å². The second-order valence-electron chi connectivity index (χ2n) is 4.21. The minimum Gasteiger partial charge on any atom is -0.249 e. The van der Waals surface area contributed by atoms with Crippen molar-refractivity contribution in [3.8, 4) is 6.07 Å². The molecule has 0 fully saturated rings. The number of hydrogen-bond donors (Lipinski definition) is 1. The van der Waals surface area contributed by atoms with Crippen molar-refractivity contribution < 1.29 is 61.2 Å². The molecule has 0 aromatic heterocycles. The number of alkyl halides is 9. The van der Waals surface area contributed by atoms with E-state index in [0.717, 1.165) is 6.20 Å². The molecule has 0 aromatic rings. The van der Waals surface area contributed by atoms with Gasteiger partial charge in [-0.1, -0.05) is 4.13 Å². The van der Waals surface area contributed by atoms with E-state index in [2.05, 4.69) is 4.84 Å². The van der Waals surface area contributed by atoms with Crippen molar-refractivity contribution in [3.63, 3.8) is 0 Å². The average Bonchev–Trinajstić information content (AvgIpc) is 2.43. The third-order valence-electron chi connectivity index (χ3n) is 2.09. The molecule has 0 amide bonds. The fraction of sp³-hybridized carbons (Fsp3) is 0.444. The van der Waals surface area contributed by atoms with Crippen LogP contribution in [-0.2, 0) is 24.9 Å². The molecule has 0 radical (unpaired) electrons. The van der Waals surface area contributed by atoms with E-state index in [1.165, 1.54) is 12.2 Å². The summed E-state index contributed by atoms with van der Waals surface area (Å²) >= 11 is 0. The van der Waals surface area contributed by atoms with E-state index >= 15 is 0 Å². The first-order chi connectivity index (χ1) is 12.2. The summed E-state index contributed by atoms with van der Waals surface area (Å²) in [6, 6.07) is 1.80. The monoisotopic (exact) mass is 471 g/mol. The lowest BCUT2D eigenvalue weighted by atomic mass is 10.2. The van der Waals surface area contributed by atoms with Gasteiger partial charge in [0.2, 0.25) is 0 Å². The van der Waals surface area contributed by atoms with Gasteiger partial charge in [-0.2, -0.15) is 36.4 Å². The number of sulfonamides is 2. The van der Waals surface area contributed by atoms with Gasteiger partial charge in [-0.15, -0.1) is 13.2 Å². The van der Waals surface area contributed by atoms with Crippen LogP contribution in [0, 0.1) is 11.3 Å². The predicted octanol–water partition coefficient (Wildman–Crippen LogP) is 1.99. The molecule has 162 valence electrons. The fourth-order valence-electron chi connectivity index (χ4n) is 1.00. The number of halogens is 9. The van der Waals surface area contributed by atoms with Crippen molar-refractivity contribution in [1.82, 2.24) is 9.19 Å². The molecule has 1 aliphatic heterocycles. The van der Waals surface area contributed by atoms with E-state index in [1.54, 1.807) is 6.07 Å². The molecule has 0 bridgehead atoms. The van der Waals surface area contributed by atoms with Crippen LogP contribution in [0.5, 0.6) is 0 Å². The Labute approximate surface area is 150 Å². The van der Waals surface area contributed by atoms with Gasteiger partial charge in [0, 0.05) is 6.20 Å². The van der Waals surface area contributed by atoms with Gasteiger partial charge in [-0.25, -0.2) is 21.9 Å². The average molecular weight is 471 g/mol. The van der Waals surface area contributed by atoms with Gasteiger partial charge in [0.25, 0.3) is 0 Å². The van der Waals surface area contributed by atoms with Gasteiger partial charge >= 0.3 is 37.4 Å². The van der Waals surface area contributed by atoms with Crippen LogP contribution in [0.4, 0.5) is 39.5 Å². The Kier molecular flexibility index (Phi) is 7.92. The molecule has 1 heterocycles. The highest BCUT2D eigenvalue weighted by atomic mass is 32.3. The van der Waals surface area contributed by atoms with E-state index in [4.69, 9.17) is 5.26 Å². The van der Waals surface area contributed by atoms with Crippen LogP contribution in [0.1, 0.15) is 0 Å². The molecule has 0 aliphatic carbocycles. The smallest absolute Gasteiger partial charge is 0.249 e. The van der Waals surface area contributed by atoms with Gasteiger partial charge in [-0.05, 0) is 12.2 Å². The lowest BCUT2D eigenvalue weighted by Gasteiger charge is -2.21. The first-order valence-corrected chi connectivity index (χ1v) is 8.90. The summed E-state index contributed by atoms with van der Waals surface area (Å²) in [5.41, 5.74) is -12.0. The fourth-order valence-corrected chi connectivity index (χ4v) is 2.91. The van der Waals surface area contributed by atoms with Crippen LogP contribution in [0.15, 0.2) is 23.9 Å². The van der Waals surface area contributed by atoms with Crippen molar-refractivity contribution in [2.45, 2.75) is 17.4 Å². The van der Waals surface area contributed by atoms with Crippen molar-refractivity contribution in [2.24, 2.45) is 0 Å². The summed E-state index contributed by atoms with van der Waals surface area (Å²) in [5, 5.41) is 8.96. The quantitative estimate of drug-likeness (QED) is 0.626. The molecule has 0 unspecified atom stereocenters. The number of nitrogens with zero attached hydrogens (tertiary/aromatic N) is 2. The maximum absolute atomic E-state index is 11.6. The zero-order valence-corrected chi connectivity index (χ0v) is 14.2. The van der Waals surface area contributed by atoms with E-state index in [0.29, 0.717) is 10.6 Å². The standard InChI is InChI=1S/C7H5F3N2O.C2HF6NO4S2/c8-7(9,10)13-12-3-1-6(5-11)2-4-12;3-1(4,5)14(10,11)9-15(12,13)2(6,7)8/h1-3H,4H2;9H. The Balaban J connectivity index is 0.000000525. The van der Waals surface area contributed by atoms with Crippen LogP contribution in [0.2, 0.25) is 0 Å². The zero-order valence-electron chi connectivity index (χ0n) is 12.6. The Morgan fingerprint density at radius 3 is 1.64 bits per heavy atom. The SMILES string of the molecule is N#CC1=CCN(OC(F)(F)F)C=C1.O=S(=O)(NS(=O)(=O)C(F)(F)F)C(F)(F)F. The normalized spacial score (nSPS) is 16.0. The highest BCUT2D eigenvalue weighted by Crippen LogP contribution is 2.27. The molecule has 8 nitrogen and oxygen atoms in total. The predicted molar refractivity (Wildman–Crippen MR) is 69.8 cm³/mol. The van der Waals surface area contributed by atoms with Crippen molar-refractivity contribution in [2.75, 3.05) is 6.54 Å². The van der Waals surface area contributed by atoms with Crippen molar-refractivity contribution in [3.05, 3.63) is 23.9 Å². The zero-order chi connectivity index (χ0) is 22.6. The highest BCUT2D eigenvalue weighted by Gasteiger charge is 2.55. The summed E-state index contributed by atoms with van der Waals surface area (Å²) in [6.45, 7) is -0.0844. The summed E-state index contributed by atoms with van der Waals surface area (Å²) in [5.74, 6) is 0. The number of nitrogens with one attached hydrogen (secondary N) is 1. The number of nitriles is 1. The van der Waals surface area contributed by atoms with Crippen LogP contribution in [-0.4, -0.2) is 45.8 Å². The maximum Gasteiger partial charge on any atom is 0.544 e. The summed E-state index contributed by atoms with van der Waals surface area (Å²) in [4.78, 5) is 3.56. The molecule has 0 spiro atoms. The minimum absolute atomic E-state index is 0.0844. The van der Waals surface area contributed by atoms with E-state index in [-0.39, 0.29) is 6.54 Å². The van der Waals surface area contributed by atoms with Gasteiger partial charge in [0.1, 0.15) is 0 Å².